The monoisotopic (exact) mass is 512 g/mol. The zero-order valence-electron chi connectivity index (χ0n) is 15.6. The smallest absolute Gasteiger partial charge is 0.233 e. The fraction of sp³-hybridized carbons (Fsp3) is 0.0556. The highest BCUT2D eigenvalue weighted by Crippen LogP contribution is 2.30. The molecule has 0 atom stereocenters. The minimum atomic E-state index is 0.292. The van der Waals surface area contributed by atoms with Gasteiger partial charge in [0, 0.05) is 18.4 Å². The molecule has 13 heteroatoms. The third kappa shape index (κ3) is 5.50. The van der Waals surface area contributed by atoms with Crippen LogP contribution in [0.4, 0.5) is 23.3 Å². The van der Waals surface area contributed by atoms with Gasteiger partial charge < -0.3 is 15.2 Å². The van der Waals surface area contributed by atoms with Gasteiger partial charge in [-0.15, -0.1) is 10.2 Å². The van der Waals surface area contributed by atoms with Gasteiger partial charge in [0.2, 0.25) is 17.1 Å². The number of benzene rings is 2. The van der Waals surface area contributed by atoms with Gasteiger partial charge in [0.05, 0.1) is 20.1 Å². The first-order valence-electron chi connectivity index (χ1n) is 8.59. The zero-order chi connectivity index (χ0) is 22.0. The predicted octanol–water partition coefficient (Wildman–Crippen LogP) is 6.25. The Morgan fingerprint density at radius 3 is 1.77 bits per heavy atom. The van der Waals surface area contributed by atoms with Gasteiger partial charge in [-0.3, -0.25) is 0 Å². The highest BCUT2D eigenvalue weighted by molar-refractivity contribution is 7.99. The maximum atomic E-state index is 6.11. The number of aryl methyl sites for hydroxylation is 1. The molecule has 0 spiro atoms. The zero-order valence-corrected chi connectivity index (χ0v) is 19.5. The average molecular weight is 514 g/mol. The summed E-state index contributed by atoms with van der Waals surface area (Å²) in [6.07, 6.45) is 1.59. The third-order valence-corrected chi connectivity index (χ3v) is 6.21. The molecule has 2 aromatic heterocycles. The molecule has 2 aromatic carbocycles. The van der Waals surface area contributed by atoms with E-state index in [0.717, 1.165) is 0 Å². The Labute approximate surface area is 201 Å². The van der Waals surface area contributed by atoms with Crippen molar-refractivity contribution in [2.75, 3.05) is 10.6 Å². The fourth-order valence-corrected chi connectivity index (χ4v) is 3.67. The average Bonchev–Trinajstić information content (AvgIpc) is 3.12. The summed E-state index contributed by atoms with van der Waals surface area (Å²) in [5.74, 6) is 0.584. The molecule has 158 valence electrons. The van der Waals surface area contributed by atoms with Gasteiger partial charge in [-0.1, -0.05) is 46.4 Å². The third-order valence-electron chi connectivity index (χ3n) is 3.82. The van der Waals surface area contributed by atoms with Crippen LogP contribution in [0.5, 0.6) is 0 Å². The summed E-state index contributed by atoms with van der Waals surface area (Å²) in [5.41, 5.74) is 1.33. The summed E-state index contributed by atoms with van der Waals surface area (Å²) in [4.78, 5) is 13.3. The number of hydrogen-bond donors (Lipinski definition) is 2. The molecule has 8 nitrogen and oxygen atoms in total. The van der Waals surface area contributed by atoms with Crippen molar-refractivity contribution in [2.24, 2.45) is 7.05 Å². The van der Waals surface area contributed by atoms with Gasteiger partial charge in [0.1, 0.15) is 6.33 Å². The van der Waals surface area contributed by atoms with Crippen LogP contribution in [-0.4, -0.2) is 29.7 Å². The van der Waals surface area contributed by atoms with Crippen molar-refractivity contribution >= 4 is 81.4 Å². The van der Waals surface area contributed by atoms with E-state index in [0.29, 0.717) is 53.7 Å². The first-order valence-corrected chi connectivity index (χ1v) is 10.9. The van der Waals surface area contributed by atoms with Crippen LogP contribution in [0.2, 0.25) is 20.1 Å². The van der Waals surface area contributed by atoms with Crippen molar-refractivity contribution in [2.45, 2.75) is 10.3 Å². The molecular weight excluding hydrogens is 502 g/mol. The van der Waals surface area contributed by atoms with Crippen molar-refractivity contribution in [3.05, 3.63) is 62.8 Å². The van der Waals surface area contributed by atoms with E-state index in [4.69, 9.17) is 46.4 Å². The summed E-state index contributed by atoms with van der Waals surface area (Å²) in [6, 6.07) is 10.2. The molecule has 0 unspecified atom stereocenters. The van der Waals surface area contributed by atoms with E-state index >= 15 is 0 Å². The minimum Gasteiger partial charge on any atom is -0.324 e. The Morgan fingerprint density at radius 2 is 1.32 bits per heavy atom. The normalized spacial score (nSPS) is 10.9. The molecule has 0 saturated heterocycles. The van der Waals surface area contributed by atoms with E-state index in [1.807, 2.05) is 7.05 Å². The molecule has 0 aliphatic rings. The van der Waals surface area contributed by atoms with Gasteiger partial charge in [-0.2, -0.15) is 15.0 Å². The lowest BCUT2D eigenvalue weighted by atomic mass is 10.3. The highest BCUT2D eigenvalue weighted by Gasteiger charge is 2.13. The second-order valence-corrected chi connectivity index (χ2v) is 8.66. The number of nitrogens with zero attached hydrogens (tertiary/aromatic N) is 6. The lowest BCUT2D eigenvalue weighted by Gasteiger charge is -2.11. The maximum absolute atomic E-state index is 6.11. The highest BCUT2D eigenvalue weighted by atomic mass is 35.5. The number of halogens is 4. The number of rotatable bonds is 6. The Bertz CT molecular complexity index is 1180. The van der Waals surface area contributed by atoms with Crippen LogP contribution in [0.25, 0.3) is 0 Å². The second-order valence-electron chi connectivity index (χ2n) is 6.10. The Hall–Kier alpha value is -2.30. The summed E-state index contributed by atoms with van der Waals surface area (Å²) in [6.45, 7) is 0. The summed E-state index contributed by atoms with van der Waals surface area (Å²) in [5, 5.41) is 16.9. The largest absolute Gasteiger partial charge is 0.324 e. The lowest BCUT2D eigenvalue weighted by Crippen LogP contribution is -2.05. The molecule has 4 aromatic rings. The van der Waals surface area contributed by atoms with Gasteiger partial charge in [-0.05, 0) is 48.2 Å². The SMILES string of the molecule is Cn1cnnc1Sc1nc(Nc2ccc(Cl)c(Cl)c2)nc(Nc2ccc(Cl)c(Cl)c2)n1. The summed E-state index contributed by atoms with van der Waals surface area (Å²) in [7, 11) is 1.83. The van der Waals surface area contributed by atoms with Crippen LogP contribution in [0.3, 0.4) is 0 Å². The first-order chi connectivity index (χ1) is 14.9. The molecular formula is C18H12Cl4N8S. The molecule has 0 aliphatic carbocycles. The van der Waals surface area contributed by atoms with Crippen molar-refractivity contribution < 1.29 is 0 Å². The Balaban J connectivity index is 1.67. The second kappa shape index (κ2) is 9.46. The van der Waals surface area contributed by atoms with E-state index in [1.54, 1.807) is 47.3 Å². The van der Waals surface area contributed by atoms with Crippen LogP contribution in [0.1, 0.15) is 0 Å². The molecule has 0 amide bonds. The van der Waals surface area contributed by atoms with E-state index in [-0.39, 0.29) is 0 Å². The Morgan fingerprint density at radius 1 is 0.774 bits per heavy atom. The molecule has 0 aliphatic heterocycles. The maximum Gasteiger partial charge on any atom is 0.233 e. The molecule has 0 fully saturated rings. The van der Waals surface area contributed by atoms with E-state index < -0.39 is 0 Å². The van der Waals surface area contributed by atoms with Crippen molar-refractivity contribution in [1.82, 2.24) is 29.7 Å². The minimum absolute atomic E-state index is 0.292. The number of nitrogens with one attached hydrogen (secondary N) is 2. The standard InChI is InChI=1S/C18H12Cl4N8S/c1-30-8-23-29-18(30)31-17-27-15(24-9-2-4-11(19)13(21)6-9)26-16(28-17)25-10-3-5-12(20)14(22)7-10/h2-8H,1H3,(H2,24,25,26,27,28). The van der Waals surface area contributed by atoms with E-state index in [1.165, 1.54) is 11.8 Å². The summed E-state index contributed by atoms with van der Waals surface area (Å²) >= 11 is 25.4. The first kappa shape index (κ1) is 21.9. The quantitative estimate of drug-likeness (QED) is 0.312. The van der Waals surface area contributed by atoms with Crippen LogP contribution >= 0.6 is 58.2 Å². The molecule has 0 bridgehead atoms. The van der Waals surface area contributed by atoms with Gasteiger partial charge in [-0.25, -0.2) is 0 Å². The van der Waals surface area contributed by atoms with E-state index in [9.17, 15) is 0 Å². The molecule has 0 radical (unpaired) electrons. The van der Waals surface area contributed by atoms with Gasteiger partial charge in [0.15, 0.2) is 5.16 Å². The van der Waals surface area contributed by atoms with Crippen LogP contribution in [0, 0.1) is 0 Å². The van der Waals surface area contributed by atoms with Crippen LogP contribution in [-0.2, 0) is 7.05 Å². The molecule has 4 rings (SSSR count). The summed E-state index contributed by atoms with van der Waals surface area (Å²) < 4.78 is 1.76. The van der Waals surface area contributed by atoms with Crippen molar-refractivity contribution in [3.63, 3.8) is 0 Å². The predicted molar refractivity (Wildman–Crippen MR) is 124 cm³/mol. The molecule has 31 heavy (non-hydrogen) atoms. The molecule has 2 heterocycles. The Kier molecular flexibility index (Phi) is 6.68. The van der Waals surface area contributed by atoms with Crippen molar-refractivity contribution in [3.8, 4) is 0 Å². The van der Waals surface area contributed by atoms with Gasteiger partial charge >= 0.3 is 0 Å². The topological polar surface area (TPSA) is 93.4 Å². The fourth-order valence-electron chi connectivity index (χ4n) is 2.37. The molecule has 2 N–H and O–H groups in total. The van der Waals surface area contributed by atoms with Crippen LogP contribution in [0.15, 0.2) is 53.0 Å². The lowest BCUT2D eigenvalue weighted by molar-refractivity contribution is 0.783. The molecule has 0 saturated carbocycles. The number of anilines is 4. The van der Waals surface area contributed by atoms with Crippen LogP contribution < -0.4 is 10.6 Å². The van der Waals surface area contributed by atoms with E-state index in [2.05, 4.69) is 35.8 Å². The number of aromatic nitrogens is 6. The van der Waals surface area contributed by atoms with Crippen molar-refractivity contribution in [1.29, 1.82) is 0 Å². The van der Waals surface area contributed by atoms with Gasteiger partial charge in [0.25, 0.3) is 0 Å². The number of hydrogen-bond acceptors (Lipinski definition) is 8.